The van der Waals surface area contributed by atoms with E-state index >= 15 is 0 Å². The monoisotopic (exact) mass is 295 g/mol. The zero-order chi connectivity index (χ0) is 15.7. The van der Waals surface area contributed by atoms with Crippen LogP contribution in [-0.2, 0) is 0 Å². The zero-order valence-corrected chi connectivity index (χ0v) is 12.9. The van der Waals surface area contributed by atoms with E-state index in [2.05, 4.69) is 42.7 Å². The lowest BCUT2D eigenvalue weighted by atomic mass is 10.1. The maximum absolute atomic E-state index is 12.0. The highest BCUT2D eigenvalue weighted by Crippen LogP contribution is 2.26. The fourth-order valence-electron chi connectivity index (χ4n) is 2.52. The van der Waals surface area contributed by atoms with Crippen LogP contribution >= 0.6 is 0 Å². The molecular formula is C18H21N3O. The highest BCUT2D eigenvalue weighted by atomic mass is 16.1. The Morgan fingerprint density at radius 1 is 1.09 bits per heavy atom. The van der Waals surface area contributed by atoms with E-state index in [0.717, 1.165) is 24.2 Å². The summed E-state index contributed by atoms with van der Waals surface area (Å²) in [7, 11) is 0. The van der Waals surface area contributed by atoms with Crippen molar-refractivity contribution in [2.45, 2.75) is 32.7 Å². The molecule has 0 aromatic heterocycles. The number of aryl methyl sites for hydroxylation is 2. The van der Waals surface area contributed by atoms with Gasteiger partial charge in [-0.1, -0.05) is 6.07 Å². The second-order valence-electron chi connectivity index (χ2n) is 6.05. The van der Waals surface area contributed by atoms with Crippen LogP contribution in [0.4, 0.5) is 17.1 Å². The van der Waals surface area contributed by atoms with Crippen molar-refractivity contribution in [2.24, 2.45) is 0 Å². The third-order valence-electron chi connectivity index (χ3n) is 3.73. The predicted molar refractivity (Wildman–Crippen MR) is 90.5 cm³/mol. The SMILES string of the molecule is Cc1cc(C)cc(Nc2ccc(C(=O)NC3CC3)cc2N)c1. The normalized spacial score (nSPS) is 13.7. The van der Waals surface area contributed by atoms with Gasteiger partial charge in [-0.2, -0.15) is 0 Å². The topological polar surface area (TPSA) is 67.2 Å². The highest BCUT2D eigenvalue weighted by Gasteiger charge is 2.23. The zero-order valence-electron chi connectivity index (χ0n) is 12.9. The summed E-state index contributed by atoms with van der Waals surface area (Å²) >= 11 is 0. The van der Waals surface area contributed by atoms with Crippen LogP contribution in [0.1, 0.15) is 34.3 Å². The molecule has 22 heavy (non-hydrogen) atoms. The molecule has 2 aromatic carbocycles. The molecule has 2 aromatic rings. The lowest BCUT2D eigenvalue weighted by Gasteiger charge is -2.12. The summed E-state index contributed by atoms with van der Waals surface area (Å²) in [5.41, 5.74) is 11.5. The van der Waals surface area contributed by atoms with Crippen molar-refractivity contribution in [3.63, 3.8) is 0 Å². The molecule has 0 bridgehead atoms. The molecule has 0 saturated heterocycles. The summed E-state index contributed by atoms with van der Waals surface area (Å²) in [5.74, 6) is -0.0489. The number of benzene rings is 2. The fraction of sp³-hybridized carbons (Fsp3) is 0.278. The first kappa shape index (κ1) is 14.4. The second-order valence-corrected chi connectivity index (χ2v) is 6.05. The Hall–Kier alpha value is -2.49. The van der Waals surface area contributed by atoms with Crippen LogP contribution in [0.5, 0.6) is 0 Å². The molecular weight excluding hydrogens is 274 g/mol. The first-order valence-corrected chi connectivity index (χ1v) is 7.57. The summed E-state index contributed by atoms with van der Waals surface area (Å²) in [6, 6.07) is 12.0. The molecule has 0 unspecified atom stereocenters. The van der Waals surface area contributed by atoms with Gasteiger partial charge in [0.1, 0.15) is 0 Å². The van der Waals surface area contributed by atoms with Gasteiger partial charge in [0.05, 0.1) is 11.4 Å². The first-order chi connectivity index (χ1) is 10.5. The quantitative estimate of drug-likeness (QED) is 0.756. The van der Waals surface area contributed by atoms with Gasteiger partial charge < -0.3 is 16.4 Å². The Morgan fingerprint density at radius 2 is 1.77 bits per heavy atom. The van der Waals surface area contributed by atoms with Gasteiger partial charge in [0.25, 0.3) is 5.91 Å². The molecule has 1 saturated carbocycles. The van der Waals surface area contributed by atoms with Crippen molar-refractivity contribution in [1.82, 2.24) is 5.32 Å². The summed E-state index contributed by atoms with van der Waals surface area (Å²) in [6.07, 6.45) is 2.15. The average Bonchev–Trinajstić information content (AvgIpc) is 3.23. The van der Waals surface area contributed by atoms with Crippen molar-refractivity contribution in [3.05, 3.63) is 53.1 Å². The molecule has 1 fully saturated rings. The molecule has 0 spiro atoms. The van der Waals surface area contributed by atoms with Crippen molar-refractivity contribution in [3.8, 4) is 0 Å². The van der Waals surface area contributed by atoms with Crippen LogP contribution in [0.2, 0.25) is 0 Å². The Bertz CT molecular complexity index is 700. The number of hydrogen-bond acceptors (Lipinski definition) is 3. The number of nitrogens with two attached hydrogens (primary N) is 1. The third kappa shape index (κ3) is 3.39. The lowest BCUT2D eigenvalue weighted by molar-refractivity contribution is 0.0951. The number of nitrogens with one attached hydrogen (secondary N) is 2. The Labute approximate surface area is 130 Å². The number of carbonyl (C=O) groups is 1. The van der Waals surface area contributed by atoms with E-state index in [1.807, 2.05) is 6.07 Å². The lowest BCUT2D eigenvalue weighted by Crippen LogP contribution is -2.25. The van der Waals surface area contributed by atoms with Gasteiger partial charge in [0, 0.05) is 17.3 Å². The van der Waals surface area contributed by atoms with Crippen molar-refractivity contribution < 1.29 is 4.79 Å². The minimum Gasteiger partial charge on any atom is -0.397 e. The van der Waals surface area contributed by atoms with Crippen LogP contribution in [0.25, 0.3) is 0 Å². The summed E-state index contributed by atoms with van der Waals surface area (Å²) in [6.45, 7) is 4.12. The van der Waals surface area contributed by atoms with E-state index < -0.39 is 0 Å². The number of hydrogen-bond donors (Lipinski definition) is 3. The second kappa shape index (κ2) is 5.72. The number of nitrogen functional groups attached to an aromatic ring is 1. The van der Waals surface area contributed by atoms with E-state index in [1.165, 1.54) is 11.1 Å². The summed E-state index contributed by atoms with van der Waals surface area (Å²) in [4.78, 5) is 12.0. The molecule has 0 heterocycles. The van der Waals surface area contributed by atoms with Crippen LogP contribution in [0.15, 0.2) is 36.4 Å². The van der Waals surface area contributed by atoms with Gasteiger partial charge in [0.2, 0.25) is 0 Å². The van der Waals surface area contributed by atoms with Gasteiger partial charge >= 0.3 is 0 Å². The van der Waals surface area contributed by atoms with Crippen molar-refractivity contribution >= 4 is 23.0 Å². The largest absolute Gasteiger partial charge is 0.397 e. The number of carbonyl (C=O) groups excluding carboxylic acids is 1. The Kier molecular flexibility index (Phi) is 3.75. The van der Waals surface area contributed by atoms with E-state index in [1.54, 1.807) is 12.1 Å². The van der Waals surface area contributed by atoms with Crippen molar-refractivity contribution in [1.29, 1.82) is 0 Å². The van der Waals surface area contributed by atoms with Crippen LogP contribution in [0, 0.1) is 13.8 Å². The van der Waals surface area contributed by atoms with E-state index in [4.69, 9.17) is 5.73 Å². The van der Waals surface area contributed by atoms with Gasteiger partial charge in [-0.15, -0.1) is 0 Å². The smallest absolute Gasteiger partial charge is 0.251 e. The maximum Gasteiger partial charge on any atom is 0.251 e. The van der Waals surface area contributed by atoms with Gasteiger partial charge in [0.15, 0.2) is 0 Å². The molecule has 4 heteroatoms. The molecule has 4 nitrogen and oxygen atoms in total. The third-order valence-corrected chi connectivity index (χ3v) is 3.73. The fourth-order valence-corrected chi connectivity index (χ4v) is 2.52. The van der Waals surface area contributed by atoms with E-state index in [9.17, 15) is 4.79 Å². The number of rotatable bonds is 4. The maximum atomic E-state index is 12.0. The molecule has 114 valence electrons. The molecule has 0 radical (unpaired) electrons. The van der Waals surface area contributed by atoms with Crippen LogP contribution in [0.3, 0.4) is 0 Å². The molecule has 1 amide bonds. The standard InChI is InChI=1S/C18H21N3O/c1-11-7-12(2)9-15(8-11)20-17-6-3-13(10-16(17)19)18(22)21-14-4-5-14/h3,6-10,14,20H,4-5,19H2,1-2H3,(H,21,22). The Morgan fingerprint density at radius 3 is 2.36 bits per heavy atom. The minimum absolute atomic E-state index is 0.0489. The molecule has 1 aliphatic rings. The molecule has 4 N–H and O–H groups in total. The molecule has 3 rings (SSSR count). The average molecular weight is 295 g/mol. The van der Waals surface area contributed by atoms with Gasteiger partial charge in [-0.3, -0.25) is 4.79 Å². The molecule has 0 atom stereocenters. The summed E-state index contributed by atoms with van der Waals surface area (Å²) < 4.78 is 0. The molecule has 0 aliphatic heterocycles. The highest BCUT2D eigenvalue weighted by molar-refractivity contribution is 5.96. The van der Waals surface area contributed by atoms with Crippen LogP contribution in [-0.4, -0.2) is 11.9 Å². The van der Waals surface area contributed by atoms with Gasteiger partial charge in [-0.25, -0.2) is 0 Å². The first-order valence-electron chi connectivity index (χ1n) is 7.57. The molecule has 1 aliphatic carbocycles. The van der Waals surface area contributed by atoms with Crippen molar-refractivity contribution in [2.75, 3.05) is 11.1 Å². The predicted octanol–water partition coefficient (Wildman–Crippen LogP) is 3.52. The summed E-state index contributed by atoms with van der Waals surface area (Å²) in [5, 5.41) is 6.28. The number of anilines is 3. The van der Waals surface area contributed by atoms with Gasteiger partial charge in [-0.05, 0) is 68.1 Å². The van der Waals surface area contributed by atoms with E-state index in [-0.39, 0.29) is 5.91 Å². The minimum atomic E-state index is -0.0489. The number of amides is 1. The Balaban J connectivity index is 1.78. The van der Waals surface area contributed by atoms with Crippen LogP contribution < -0.4 is 16.4 Å². The van der Waals surface area contributed by atoms with E-state index in [0.29, 0.717) is 17.3 Å².